The lowest BCUT2D eigenvalue weighted by molar-refractivity contribution is 0.102. The summed E-state index contributed by atoms with van der Waals surface area (Å²) >= 11 is 0. The highest BCUT2D eigenvalue weighted by atomic mass is 16.1. The van der Waals surface area contributed by atoms with Gasteiger partial charge in [-0.1, -0.05) is 0 Å². The summed E-state index contributed by atoms with van der Waals surface area (Å²) in [5.41, 5.74) is 8.53. The van der Waals surface area contributed by atoms with Crippen molar-refractivity contribution in [2.24, 2.45) is 0 Å². The second-order valence-corrected chi connectivity index (χ2v) is 4.59. The van der Waals surface area contributed by atoms with Gasteiger partial charge in [0.2, 0.25) is 0 Å². The van der Waals surface area contributed by atoms with Gasteiger partial charge in [-0.25, -0.2) is 4.98 Å². The van der Waals surface area contributed by atoms with Crippen LogP contribution >= 0.6 is 0 Å². The van der Waals surface area contributed by atoms with Gasteiger partial charge in [-0.3, -0.25) is 4.79 Å². The maximum atomic E-state index is 12.1. The lowest BCUT2D eigenvalue weighted by Crippen LogP contribution is -2.11. The van der Waals surface area contributed by atoms with Gasteiger partial charge in [0.15, 0.2) is 0 Å². The number of carbonyl (C=O) groups excluding carboxylic acids is 1. The van der Waals surface area contributed by atoms with Gasteiger partial charge in [0, 0.05) is 35.0 Å². The monoisotopic (exact) mass is 278 g/mol. The minimum absolute atomic E-state index is 0.162. The number of nitrogens with one attached hydrogen (secondary N) is 1. The highest BCUT2D eigenvalue weighted by Gasteiger charge is 2.05. The molecule has 0 spiro atoms. The van der Waals surface area contributed by atoms with E-state index >= 15 is 0 Å². The predicted molar refractivity (Wildman–Crippen MR) is 82.4 cm³/mol. The summed E-state index contributed by atoms with van der Waals surface area (Å²) in [4.78, 5) is 16.1. The van der Waals surface area contributed by atoms with E-state index in [0.29, 0.717) is 11.3 Å². The third-order valence-electron chi connectivity index (χ3n) is 3.10. The summed E-state index contributed by atoms with van der Waals surface area (Å²) in [6, 6.07) is 14.3. The standard InChI is InChI=1S/C16H14N4O/c17-13-3-1-12(2-4-13)16(21)19-14-5-7-15(8-6-14)20-10-9-18-11-20/h1-11H,17H2,(H,19,21). The van der Waals surface area contributed by atoms with E-state index in [-0.39, 0.29) is 5.91 Å². The second-order valence-electron chi connectivity index (χ2n) is 4.59. The summed E-state index contributed by atoms with van der Waals surface area (Å²) in [5, 5.41) is 2.85. The fourth-order valence-electron chi connectivity index (χ4n) is 1.97. The van der Waals surface area contributed by atoms with Gasteiger partial charge in [-0.2, -0.15) is 0 Å². The number of carbonyl (C=O) groups is 1. The summed E-state index contributed by atoms with van der Waals surface area (Å²) in [5.74, 6) is -0.162. The maximum absolute atomic E-state index is 12.1. The fraction of sp³-hybridized carbons (Fsp3) is 0. The first-order valence-electron chi connectivity index (χ1n) is 6.48. The number of nitrogens with two attached hydrogens (primary N) is 1. The van der Waals surface area contributed by atoms with Crippen molar-refractivity contribution < 1.29 is 4.79 Å². The van der Waals surface area contributed by atoms with Crippen molar-refractivity contribution in [2.45, 2.75) is 0 Å². The van der Waals surface area contributed by atoms with E-state index in [1.165, 1.54) is 0 Å². The molecule has 0 saturated carbocycles. The van der Waals surface area contributed by atoms with Crippen LogP contribution in [0.1, 0.15) is 10.4 Å². The van der Waals surface area contributed by atoms with Crippen molar-refractivity contribution in [3.63, 3.8) is 0 Å². The van der Waals surface area contributed by atoms with E-state index in [2.05, 4.69) is 10.3 Å². The molecule has 5 nitrogen and oxygen atoms in total. The Morgan fingerprint density at radius 2 is 1.76 bits per heavy atom. The van der Waals surface area contributed by atoms with Gasteiger partial charge in [0.25, 0.3) is 5.91 Å². The van der Waals surface area contributed by atoms with Crippen LogP contribution < -0.4 is 11.1 Å². The molecule has 3 N–H and O–H groups in total. The number of hydrogen-bond acceptors (Lipinski definition) is 3. The Morgan fingerprint density at radius 1 is 1.05 bits per heavy atom. The molecule has 0 atom stereocenters. The van der Waals surface area contributed by atoms with Crippen molar-refractivity contribution in [1.82, 2.24) is 9.55 Å². The quantitative estimate of drug-likeness (QED) is 0.723. The molecule has 1 heterocycles. The first-order valence-corrected chi connectivity index (χ1v) is 6.48. The molecule has 3 aromatic rings. The number of nitrogen functional groups attached to an aromatic ring is 1. The van der Waals surface area contributed by atoms with Crippen LogP contribution in [0, 0.1) is 0 Å². The van der Waals surface area contributed by atoms with Crippen LogP contribution in [0.4, 0.5) is 11.4 Å². The molecular weight excluding hydrogens is 264 g/mol. The first-order chi connectivity index (χ1) is 10.2. The molecule has 0 aliphatic rings. The van der Waals surface area contributed by atoms with Crippen molar-refractivity contribution in [3.8, 4) is 5.69 Å². The molecule has 21 heavy (non-hydrogen) atoms. The highest BCUT2D eigenvalue weighted by molar-refractivity contribution is 6.04. The minimum Gasteiger partial charge on any atom is -0.399 e. The number of nitrogens with zero attached hydrogens (tertiary/aromatic N) is 2. The molecule has 1 aromatic heterocycles. The topological polar surface area (TPSA) is 72.9 Å². The van der Waals surface area contributed by atoms with Gasteiger partial charge in [-0.15, -0.1) is 0 Å². The molecule has 0 radical (unpaired) electrons. The highest BCUT2D eigenvalue weighted by Crippen LogP contribution is 2.14. The molecule has 1 amide bonds. The normalized spacial score (nSPS) is 10.3. The molecule has 104 valence electrons. The Bertz CT molecular complexity index is 731. The van der Waals surface area contributed by atoms with Gasteiger partial charge < -0.3 is 15.6 Å². The summed E-state index contributed by atoms with van der Waals surface area (Å²) in [6.07, 6.45) is 5.31. The summed E-state index contributed by atoms with van der Waals surface area (Å²) in [6.45, 7) is 0. The average Bonchev–Trinajstić information content (AvgIpc) is 3.03. The van der Waals surface area contributed by atoms with Crippen LogP contribution in [0.5, 0.6) is 0 Å². The molecule has 0 saturated heterocycles. The average molecular weight is 278 g/mol. The van der Waals surface area contributed by atoms with E-state index in [1.54, 1.807) is 36.8 Å². The number of hydrogen-bond donors (Lipinski definition) is 2. The number of anilines is 2. The zero-order chi connectivity index (χ0) is 14.7. The number of rotatable bonds is 3. The van der Waals surface area contributed by atoms with Crippen LogP contribution in [0.15, 0.2) is 67.3 Å². The van der Waals surface area contributed by atoms with E-state index in [9.17, 15) is 4.79 Å². The SMILES string of the molecule is Nc1ccc(C(=O)Nc2ccc(-n3ccnc3)cc2)cc1. The Morgan fingerprint density at radius 3 is 2.38 bits per heavy atom. The molecule has 0 aliphatic heterocycles. The van der Waals surface area contributed by atoms with Crippen molar-refractivity contribution in [2.75, 3.05) is 11.1 Å². The summed E-state index contributed by atoms with van der Waals surface area (Å²) in [7, 11) is 0. The lowest BCUT2D eigenvalue weighted by Gasteiger charge is -2.07. The van der Waals surface area contributed by atoms with Gasteiger partial charge in [-0.05, 0) is 48.5 Å². The fourth-order valence-corrected chi connectivity index (χ4v) is 1.97. The van der Waals surface area contributed by atoms with Crippen molar-refractivity contribution in [3.05, 3.63) is 72.8 Å². The zero-order valence-corrected chi connectivity index (χ0v) is 11.2. The van der Waals surface area contributed by atoms with Crippen LogP contribution in [0.25, 0.3) is 5.69 Å². The van der Waals surface area contributed by atoms with Crippen LogP contribution in [0.3, 0.4) is 0 Å². The molecule has 0 bridgehead atoms. The smallest absolute Gasteiger partial charge is 0.255 e. The predicted octanol–water partition coefficient (Wildman–Crippen LogP) is 2.71. The van der Waals surface area contributed by atoms with Crippen LogP contribution in [-0.2, 0) is 0 Å². The number of aromatic nitrogens is 2. The molecule has 3 rings (SSSR count). The number of benzene rings is 2. The Balaban J connectivity index is 1.73. The second kappa shape index (κ2) is 5.50. The third kappa shape index (κ3) is 2.92. The molecular formula is C16H14N4O. The van der Waals surface area contributed by atoms with Crippen LogP contribution in [0.2, 0.25) is 0 Å². The zero-order valence-electron chi connectivity index (χ0n) is 11.2. The first kappa shape index (κ1) is 12.9. The van der Waals surface area contributed by atoms with Gasteiger partial charge in [0.1, 0.15) is 0 Å². The Kier molecular flexibility index (Phi) is 3.39. The summed E-state index contributed by atoms with van der Waals surface area (Å²) < 4.78 is 1.89. The largest absolute Gasteiger partial charge is 0.399 e. The maximum Gasteiger partial charge on any atom is 0.255 e. The van der Waals surface area contributed by atoms with Crippen molar-refractivity contribution in [1.29, 1.82) is 0 Å². The minimum atomic E-state index is -0.162. The van der Waals surface area contributed by atoms with E-state index < -0.39 is 0 Å². The molecule has 5 heteroatoms. The molecule has 0 unspecified atom stereocenters. The Labute approximate surface area is 122 Å². The number of imidazole rings is 1. The Hall–Kier alpha value is -3.08. The van der Waals surface area contributed by atoms with Gasteiger partial charge in [0.05, 0.1) is 6.33 Å². The lowest BCUT2D eigenvalue weighted by atomic mass is 10.2. The van der Waals surface area contributed by atoms with Crippen molar-refractivity contribution >= 4 is 17.3 Å². The van der Waals surface area contributed by atoms with E-state index in [4.69, 9.17) is 5.73 Å². The van der Waals surface area contributed by atoms with E-state index in [0.717, 1.165) is 11.4 Å². The number of amides is 1. The third-order valence-corrected chi connectivity index (χ3v) is 3.10. The molecule has 2 aromatic carbocycles. The van der Waals surface area contributed by atoms with E-state index in [1.807, 2.05) is 35.0 Å². The molecule has 0 fully saturated rings. The van der Waals surface area contributed by atoms with Crippen LogP contribution in [-0.4, -0.2) is 15.5 Å². The van der Waals surface area contributed by atoms with Gasteiger partial charge >= 0.3 is 0 Å². The molecule has 0 aliphatic carbocycles.